The Kier molecular flexibility index (Phi) is 7.79. The van der Waals surface area contributed by atoms with Gasteiger partial charge in [-0.05, 0) is 36.4 Å². The Balaban J connectivity index is 1.57. The molecule has 43 heavy (non-hydrogen) atoms. The fourth-order valence-electron chi connectivity index (χ4n) is 4.30. The molecule has 1 aliphatic heterocycles. The quantitative estimate of drug-likeness (QED) is 0.277. The first-order valence-electron chi connectivity index (χ1n) is 12.1. The van der Waals surface area contributed by atoms with Crippen LogP contribution < -0.4 is 16.0 Å². The summed E-state index contributed by atoms with van der Waals surface area (Å²) < 4.78 is 82.2. The smallest absolute Gasteiger partial charge is 0.342 e. The van der Waals surface area contributed by atoms with Gasteiger partial charge in [0.05, 0.1) is 36.2 Å². The number of nitrogens with one attached hydrogen (secondary N) is 3. The van der Waals surface area contributed by atoms with Gasteiger partial charge in [-0.1, -0.05) is 11.6 Å². The molecule has 2 aromatic heterocycles. The van der Waals surface area contributed by atoms with Gasteiger partial charge in [0.15, 0.2) is 11.6 Å². The van der Waals surface area contributed by atoms with Gasteiger partial charge in [-0.25, -0.2) is 28.1 Å². The van der Waals surface area contributed by atoms with Crippen LogP contribution in [-0.2, 0) is 24.1 Å². The lowest BCUT2D eigenvalue weighted by atomic mass is 10.0. The third kappa shape index (κ3) is 6.28. The normalized spacial score (nSPS) is 14.6. The van der Waals surface area contributed by atoms with Gasteiger partial charge in [0.2, 0.25) is 11.7 Å². The summed E-state index contributed by atoms with van der Waals surface area (Å²) in [4.78, 5) is 50.5. The molecule has 10 nitrogen and oxygen atoms in total. The second-order valence-corrected chi connectivity index (χ2v) is 9.51. The van der Waals surface area contributed by atoms with Crippen molar-refractivity contribution in [3.8, 4) is 0 Å². The number of amides is 3. The molecule has 1 aliphatic rings. The lowest BCUT2D eigenvalue weighted by Crippen LogP contribution is -2.41. The van der Waals surface area contributed by atoms with E-state index in [9.17, 15) is 40.7 Å². The number of rotatable bonds is 6. The number of aromatic nitrogens is 4. The van der Waals surface area contributed by atoms with Crippen molar-refractivity contribution in [2.24, 2.45) is 0 Å². The Bertz CT molecular complexity index is 1760. The molecule has 3 heterocycles. The minimum atomic E-state index is -4.96. The van der Waals surface area contributed by atoms with Crippen LogP contribution in [0, 0.1) is 17.5 Å². The molecular weight excluding hydrogens is 608 g/mol. The molecule has 222 valence electrons. The molecule has 0 radical (unpaired) electrons. The number of benzene rings is 2. The fraction of sp³-hybridized carbons (Fsp3) is 0.154. The van der Waals surface area contributed by atoms with Crippen molar-refractivity contribution >= 4 is 35.1 Å². The van der Waals surface area contributed by atoms with E-state index in [0.717, 1.165) is 29.1 Å². The summed E-state index contributed by atoms with van der Waals surface area (Å²) in [7, 11) is 0. The maximum atomic E-state index is 14.2. The highest BCUT2D eigenvalue weighted by molar-refractivity contribution is 6.31. The average Bonchev–Trinajstić information content (AvgIpc) is 3.30. The number of fused-ring (bicyclic) bond motifs is 1. The standard InChI is InChI=1S/C26H16ClF6N7O3/c27-17-2-1-13(28)6-16(17)20-21-22(39-24(42)11-3-12(26(31,32)33)5-14(29)4-11)38-23(40(21)10-19(41)37-20)25(43)36-9-18-34-7-15(30)8-35-18/h1-8,20H,9-10H2,(H,36,43)(H,37,41)(H,39,42)/t20-/m0/s1. The van der Waals surface area contributed by atoms with E-state index in [-0.39, 0.29) is 34.7 Å². The predicted molar refractivity (Wildman–Crippen MR) is 136 cm³/mol. The first-order chi connectivity index (χ1) is 20.3. The minimum Gasteiger partial charge on any atom is -0.342 e. The van der Waals surface area contributed by atoms with Crippen molar-refractivity contribution in [3.05, 3.63) is 105 Å². The summed E-state index contributed by atoms with van der Waals surface area (Å²) in [5.74, 6) is -6.47. The van der Waals surface area contributed by atoms with Crippen LogP contribution in [0.4, 0.5) is 32.2 Å². The van der Waals surface area contributed by atoms with E-state index < -0.39 is 76.7 Å². The Morgan fingerprint density at radius 1 is 1.00 bits per heavy atom. The maximum Gasteiger partial charge on any atom is 0.416 e. The molecule has 0 bridgehead atoms. The summed E-state index contributed by atoms with van der Waals surface area (Å²) in [5.41, 5.74) is -2.24. The zero-order chi connectivity index (χ0) is 31.1. The van der Waals surface area contributed by atoms with Crippen LogP contribution in [0.25, 0.3) is 0 Å². The van der Waals surface area contributed by atoms with Crippen LogP contribution in [0.3, 0.4) is 0 Å². The van der Waals surface area contributed by atoms with Crippen molar-refractivity contribution in [3.63, 3.8) is 0 Å². The van der Waals surface area contributed by atoms with Gasteiger partial charge < -0.3 is 20.5 Å². The van der Waals surface area contributed by atoms with Crippen LogP contribution in [0.1, 0.15) is 49.7 Å². The minimum absolute atomic E-state index is 0.00292. The van der Waals surface area contributed by atoms with Crippen molar-refractivity contribution in [2.45, 2.75) is 25.3 Å². The third-order valence-electron chi connectivity index (χ3n) is 6.16. The Hall–Kier alpha value is -4.99. The first kappa shape index (κ1) is 29.5. The molecular formula is C26H16ClF6N7O3. The topological polar surface area (TPSA) is 131 Å². The molecule has 0 aliphatic carbocycles. The van der Waals surface area contributed by atoms with Gasteiger partial charge in [-0.15, -0.1) is 0 Å². The molecule has 0 fully saturated rings. The number of alkyl halides is 3. The third-order valence-corrected chi connectivity index (χ3v) is 6.50. The van der Waals surface area contributed by atoms with Gasteiger partial charge in [-0.3, -0.25) is 14.4 Å². The number of hydrogen-bond acceptors (Lipinski definition) is 6. The zero-order valence-electron chi connectivity index (χ0n) is 21.3. The van der Waals surface area contributed by atoms with Crippen LogP contribution in [-0.4, -0.2) is 37.2 Å². The van der Waals surface area contributed by atoms with Crippen molar-refractivity contribution in [2.75, 3.05) is 5.32 Å². The number of imidazole rings is 1. The Morgan fingerprint density at radius 2 is 1.72 bits per heavy atom. The molecule has 4 aromatic rings. The van der Waals surface area contributed by atoms with E-state index in [1.807, 2.05) is 0 Å². The second kappa shape index (κ2) is 11.4. The number of anilines is 1. The maximum absolute atomic E-state index is 14.2. The summed E-state index contributed by atoms with van der Waals surface area (Å²) in [6.07, 6.45) is -3.23. The molecule has 1 atom stereocenters. The SMILES string of the molecule is O=C1Cn2c(C(=O)NCc3ncc(F)cn3)nc(NC(=O)c3cc(F)cc(C(F)(F)F)c3)c2[C@H](c2cc(F)ccc2Cl)N1. The molecule has 5 rings (SSSR count). The van der Waals surface area contributed by atoms with Gasteiger partial charge >= 0.3 is 6.18 Å². The molecule has 3 amide bonds. The van der Waals surface area contributed by atoms with E-state index in [1.165, 1.54) is 6.07 Å². The van der Waals surface area contributed by atoms with E-state index in [0.29, 0.717) is 12.1 Å². The summed E-state index contributed by atoms with van der Waals surface area (Å²) in [6, 6.07) is 3.14. The van der Waals surface area contributed by atoms with Crippen LogP contribution in [0.5, 0.6) is 0 Å². The highest BCUT2D eigenvalue weighted by atomic mass is 35.5. The second-order valence-electron chi connectivity index (χ2n) is 9.10. The average molecular weight is 624 g/mol. The van der Waals surface area contributed by atoms with Crippen molar-refractivity contribution in [1.29, 1.82) is 0 Å². The van der Waals surface area contributed by atoms with Gasteiger partial charge in [0.1, 0.15) is 24.0 Å². The number of hydrogen-bond donors (Lipinski definition) is 3. The van der Waals surface area contributed by atoms with Gasteiger partial charge in [0, 0.05) is 16.1 Å². The largest absolute Gasteiger partial charge is 0.416 e. The number of carbonyl (C=O) groups excluding carboxylic acids is 3. The van der Waals surface area contributed by atoms with E-state index in [1.54, 1.807) is 0 Å². The molecule has 17 heteroatoms. The van der Waals surface area contributed by atoms with Crippen molar-refractivity contribution < 1.29 is 40.7 Å². The van der Waals surface area contributed by atoms with Crippen molar-refractivity contribution in [1.82, 2.24) is 30.2 Å². The molecule has 0 saturated carbocycles. The monoisotopic (exact) mass is 623 g/mol. The zero-order valence-corrected chi connectivity index (χ0v) is 22.0. The Morgan fingerprint density at radius 3 is 2.42 bits per heavy atom. The summed E-state index contributed by atoms with van der Waals surface area (Å²) >= 11 is 6.27. The molecule has 0 spiro atoms. The molecule has 0 saturated heterocycles. The Labute approximate surface area is 242 Å². The van der Waals surface area contributed by atoms with Gasteiger partial charge in [-0.2, -0.15) is 13.2 Å². The number of halogens is 7. The highest BCUT2D eigenvalue weighted by Gasteiger charge is 2.37. The molecule has 0 unspecified atom stereocenters. The first-order valence-corrected chi connectivity index (χ1v) is 12.5. The van der Waals surface area contributed by atoms with E-state index in [4.69, 9.17) is 11.6 Å². The highest BCUT2D eigenvalue weighted by Crippen LogP contribution is 2.36. The number of nitrogens with zero attached hydrogens (tertiary/aromatic N) is 4. The van der Waals surface area contributed by atoms with Crippen LogP contribution >= 0.6 is 11.6 Å². The van der Waals surface area contributed by atoms with E-state index in [2.05, 4.69) is 30.9 Å². The van der Waals surface area contributed by atoms with E-state index >= 15 is 0 Å². The number of carbonyl (C=O) groups is 3. The van der Waals surface area contributed by atoms with Crippen LogP contribution in [0.2, 0.25) is 5.02 Å². The van der Waals surface area contributed by atoms with Crippen LogP contribution in [0.15, 0.2) is 48.8 Å². The molecule has 2 aromatic carbocycles. The molecule has 3 N–H and O–H groups in total. The fourth-order valence-corrected chi connectivity index (χ4v) is 4.52. The lowest BCUT2D eigenvalue weighted by Gasteiger charge is -2.28. The van der Waals surface area contributed by atoms with Gasteiger partial charge in [0.25, 0.3) is 11.8 Å². The summed E-state index contributed by atoms with van der Waals surface area (Å²) in [6.45, 7) is -0.826. The lowest BCUT2D eigenvalue weighted by molar-refractivity contribution is -0.137. The summed E-state index contributed by atoms with van der Waals surface area (Å²) in [5, 5.41) is 7.24. The predicted octanol–water partition coefficient (Wildman–Crippen LogP) is 4.16.